The van der Waals surface area contributed by atoms with Crippen LogP contribution in [0, 0.1) is 0 Å². The zero-order valence-electron chi connectivity index (χ0n) is 17.9. The second kappa shape index (κ2) is 10.9. The average Bonchev–Trinajstić information content (AvgIpc) is 2.77. The van der Waals surface area contributed by atoms with Crippen LogP contribution in [-0.4, -0.2) is 33.9 Å². The third-order valence-electron chi connectivity index (χ3n) is 5.50. The Bertz CT molecular complexity index is 926. The van der Waals surface area contributed by atoms with Gasteiger partial charge in [0, 0.05) is 30.1 Å². The van der Waals surface area contributed by atoms with Gasteiger partial charge in [0.2, 0.25) is 0 Å². The number of amides is 1. The molecule has 154 valence electrons. The van der Waals surface area contributed by atoms with E-state index in [1.54, 1.807) is 6.20 Å². The van der Waals surface area contributed by atoms with Gasteiger partial charge in [-0.2, -0.15) is 0 Å². The molecule has 4 heteroatoms. The van der Waals surface area contributed by atoms with Crippen molar-refractivity contribution >= 4 is 27.7 Å². The molecule has 0 fully saturated rings. The maximum Gasteiger partial charge on any atom is 0.272 e. The van der Waals surface area contributed by atoms with Crippen molar-refractivity contribution in [3.8, 4) is 0 Å². The van der Waals surface area contributed by atoms with E-state index in [0.29, 0.717) is 5.69 Å². The van der Waals surface area contributed by atoms with E-state index in [1.165, 1.54) is 38.5 Å². The molecule has 0 saturated carbocycles. The minimum absolute atomic E-state index is 0.0489. The predicted molar refractivity (Wildman–Crippen MR) is 121 cm³/mol. The van der Waals surface area contributed by atoms with E-state index < -0.39 is 0 Å². The first kappa shape index (κ1) is 21.2. The topological polar surface area (TPSA) is 46.1 Å². The first-order valence-corrected chi connectivity index (χ1v) is 11.2. The second-order valence-electron chi connectivity index (χ2n) is 7.82. The summed E-state index contributed by atoms with van der Waals surface area (Å²) in [7, 11) is 0. The molecule has 0 spiro atoms. The number of pyridine rings is 2. The number of nitrogens with zero attached hydrogens (tertiary/aromatic N) is 3. The molecular weight excluding hydrogens is 358 g/mol. The highest BCUT2D eigenvalue weighted by Gasteiger charge is 2.17. The lowest BCUT2D eigenvalue weighted by Gasteiger charge is -2.22. The van der Waals surface area contributed by atoms with Crippen LogP contribution in [0.5, 0.6) is 0 Å². The summed E-state index contributed by atoms with van der Waals surface area (Å²) in [4.78, 5) is 24.6. The Morgan fingerprint density at radius 2 is 1.41 bits per heavy atom. The summed E-state index contributed by atoms with van der Waals surface area (Å²) in [6, 6.07) is 11.9. The van der Waals surface area contributed by atoms with Crippen LogP contribution in [0.3, 0.4) is 0 Å². The summed E-state index contributed by atoms with van der Waals surface area (Å²) < 4.78 is 0. The van der Waals surface area contributed by atoms with E-state index in [1.807, 2.05) is 35.2 Å². The van der Waals surface area contributed by atoms with E-state index >= 15 is 0 Å². The van der Waals surface area contributed by atoms with Crippen LogP contribution in [0.4, 0.5) is 0 Å². The smallest absolute Gasteiger partial charge is 0.272 e. The molecule has 3 rings (SSSR count). The lowest BCUT2D eigenvalue weighted by molar-refractivity contribution is 0.0744. The van der Waals surface area contributed by atoms with Crippen LogP contribution < -0.4 is 0 Å². The van der Waals surface area contributed by atoms with E-state index in [9.17, 15) is 4.79 Å². The van der Waals surface area contributed by atoms with Crippen molar-refractivity contribution in [2.45, 2.75) is 65.2 Å². The van der Waals surface area contributed by atoms with Gasteiger partial charge in [0.05, 0.1) is 11.0 Å². The number of benzene rings is 1. The fourth-order valence-electron chi connectivity index (χ4n) is 3.78. The number of rotatable bonds is 11. The van der Waals surface area contributed by atoms with Crippen molar-refractivity contribution in [2.24, 2.45) is 0 Å². The quantitative estimate of drug-likeness (QED) is 0.281. The summed E-state index contributed by atoms with van der Waals surface area (Å²) in [6.45, 7) is 6.06. The van der Waals surface area contributed by atoms with Gasteiger partial charge in [-0.25, -0.2) is 4.98 Å². The summed E-state index contributed by atoms with van der Waals surface area (Å²) in [5.41, 5.74) is 2.20. The minimum Gasteiger partial charge on any atom is -0.337 e. The van der Waals surface area contributed by atoms with Crippen LogP contribution in [0.1, 0.15) is 75.7 Å². The molecule has 4 nitrogen and oxygen atoms in total. The predicted octanol–water partition coefficient (Wildman–Crippen LogP) is 6.39. The molecule has 29 heavy (non-hydrogen) atoms. The molecule has 1 aromatic carbocycles. The molecule has 0 unspecified atom stereocenters. The molecular formula is C25H33N3O. The SMILES string of the molecule is CCCCCCN(CCCCCC)C(=O)c1ccc2ccc3cccnc3c2n1. The lowest BCUT2D eigenvalue weighted by atomic mass is 10.1. The highest BCUT2D eigenvalue weighted by molar-refractivity contribution is 6.04. The number of hydrogen-bond acceptors (Lipinski definition) is 3. The first-order valence-electron chi connectivity index (χ1n) is 11.2. The highest BCUT2D eigenvalue weighted by atomic mass is 16.2. The zero-order valence-corrected chi connectivity index (χ0v) is 17.9. The van der Waals surface area contributed by atoms with Crippen molar-refractivity contribution in [1.82, 2.24) is 14.9 Å². The number of carbonyl (C=O) groups is 1. The molecule has 0 saturated heterocycles. The number of hydrogen-bond donors (Lipinski definition) is 0. The van der Waals surface area contributed by atoms with E-state index in [-0.39, 0.29) is 5.91 Å². The fourth-order valence-corrected chi connectivity index (χ4v) is 3.78. The fraction of sp³-hybridized carbons (Fsp3) is 0.480. The van der Waals surface area contributed by atoms with Gasteiger partial charge in [-0.3, -0.25) is 9.78 Å². The van der Waals surface area contributed by atoms with Crippen molar-refractivity contribution in [3.63, 3.8) is 0 Å². The lowest BCUT2D eigenvalue weighted by Crippen LogP contribution is -2.33. The van der Waals surface area contributed by atoms with Crippen LogP contribution in [0.15, 0.2) is 42.6 Å². The Kier molecular flexibility index (Phi) is 7.97. The third kappa shape index (κ3) is 5.53. The number of unbranched alkanes of at least 4 members (excludes halogenated alkanes) is 6. The average molecular weight is 392 g/mol. The Morgan fingerprint density at radius 3 is 2.07 bits per heavy atom. The van der Waals surface area contributed by atoms with Crippen molar-refractivity contribution in [3.05, 3.63) is 48.3 Å². The van der Waals surface area contributed by atoms with Crippen LogP contribution >= 0.6 is 0 Å². The molecule has 0 bridgehead atoms. The summed E-state index contributed by atoms with van der Waals surface area (Å²) in [5.74, 6) is 0.0489. The largest absolute Gasteiger partial charge is 0.337 e. The standard InChI is InChI=1S/C25H33N3O/c1-3-5-7-9-18-28(19-10-8-6-4-2)25(29)22-16-15-21-14-13-20-12-11-17-26-23(20)24(21)27-22/h11-17H,3-10,18-19H2,1-2H3. The summed E-state index contributed by atoms with van der Waals surface area (Å²) in [5, 5.41) is 2.07. The van der Waals surface area contributed by atoms with Crippen LogP contribution in [0.2, 0.25) is 0 Å². The van der Waals surface area contributed by atoms with Crippen LogP contribution in [0.25, 0.3) is 21.8 Å². The van der Waals surface area contributed by atoms with E-state index in [2.05, 4.69) is 24.9 Å². The van der Waals surface area contributed by atoms with Gasteiger partial charge in [-0.15, -0.1) is 0 Å². The van der Waals surface area contributed by atoms with Gasteiger partial charge in [-0.05, 0) is 25.0 Å². The minimum atomic E-state index is 0.0489. The molecule has 0 atom stereocenters. The summed E-state index contributed by atoms with van der Waals surface area (Å²) >= 11 is 0. The molecule has 0 aliphatic heterocycles. The highest BCUT2D eigenvalue weighted by Crippen LogP contribution is 2.22. The first-order chi connectivity index (χ1) is 14.2. The normalized spacial score (nSPS) is 11.2. The Labute approximate surface area is 174 Å². The molecule has 3 aromatic rings. The number of fused-ring (bicyclic) bond motifs is 3. The molecule has 0 N–H and O–H groups in total. The number of aromatic nitrogens is 2. The van der Waals surface area contributed by atoms with Gasteiger partial charge in [0.15, 0.2) is 0 Å². The summed E-state index contributed by atoms with van der Waals surface area (Å²) in [6.07, 6.45) is 11.1. The molecule has 2 heterocycles. The van der Waals surface area contributed by atoms with Crippen molar-refractivity contribution in [2.75, 3.05) is 13.1 Å². The zero-order chi connectivity index (χ0) is 20.5. The van der Waals surface area contributed by atoms with E-state index in [4.69, 9.17) is 4.98 Å². The molecule has 0 aliphatic rings. The third-order valence-corrected chi connectivity index (χ3v) is 5.50. The van der Waals surface area contributed by atoms with Crippen molar-refractivity contribution < 1.29 is 4.79 Å². The van der Waals surface area contributed by atoms with Gasteiger partial charge in [-0.1, -0.05) is 76.6 Å². The molecule has 1 amide bonds. The van der Waals surface area contributed by atoms with Crippen molar-refractivity contribution in [1.29, 1.82) is 0 Å². The van der Waals surface area contributed by atoms with Gasteiger partial charge < -0.3 is 4.90 Å². The van der Waals surface area contributed by atoms with E-state index in [0.717, 1.165) is 47.7 Å². The maximum atomic E-state index is 13.3. The van der Waals surface area contributed by atoms with Gasteiger partial charge >= 0.3 is 0 Å². The Hall–Kier alpha value is -2.49. The Morgan fingerprint density at radius 1 is 0.793 bits per heavy atom. The van der Waals surface area contributed by atoms with Crippen LogP contribution in [-0.2, 0) is 0 Å². The number of carbonyl (C=O) groups excluding carboxylic acids is 1. The Balaban J connectivity index is 1.82. The molecule has 0 radical (unpaired) electrons. The van der Waals surface area contributed by atoms with Gasteiger partial charge in [0.1, 0.15) is 5.69 Å². The monoisotopic (exact) mass is 391 g/mol. The molecule has 0 aliphatic carbocycles. The van der Waals surface area contributed by atoms with Gasteiger partial charge in [0.25, 0.3) is 5.91 Å². The maximum absolute atomic E-state index is 13.3. The second-order valence-corrected chi connectivity index (χ2v) is 7.82. The molecule has 2 aromatic heterocycles.